The minimum Gasteiger partial charge on any atom is -0.419 e. The lowest BCUT2D eigenvalue weighted by Crippen LogP contribution is -2.42. The maximum Gasteiger partial charge on any atom is 0.491 e. The Morgan fingerprint density at radius 1 is 1.09 bits per heavy atom. The van der Waals surface area contributed by atoms with E-state index in [0.717, 1.165) is 25.1 Å². The number of ether oxygens (including phenoxy) is 1. The van der Waals surface area contributed by atoms with E-state index in [1.165, 1.54) is 43.4 Å². The van der Waals surface area contributed by atoms with E-state index in [1.807, 2.05) is 18.2 Å². The molecule has 0 spiro atoms. The van der Waals surface area contributed by atoms with Gasteiger partial charge < -0.3 is 10.5 Å². The number of benzene rings is 2. The Balaban J connectivity index is 1.64. The van der Waals surface area contributed by atoms with Gasteiger partial charge in [0.2, 0.25) is 5.91 Å². The first-order valence-electron chi connectivity index (χ1n) is 11.9. The van der Waals surface area contributed by atoms with Crippen LogP contribution in [0.5, 0.6) is 5.75 Å². The van der Waals surface area contributed by atoms with Crippen molar-refractivity contribution in [1.29, 1.82) is 0 Å². The summed E-state index contributed by atoms with van der Waals surface area (Å²) in [7, 11) is 0. The molecular weight excluding hydrogens is 457 g/mol. The third-order valence-electron chi connectivity index (χ3n) is 7.49. The minimum atomic E-state index is -5.14. The third-order valence-corrected chi connectivity index (χ3v) is 7.49. The smallest absolute Gasteiger partial charge is 0.419 e. The van der Waals surface area contributed by atoms with Gasteiger partial charge in [-0.05, 0) is 78.8 Å². The third kappa shape index (κ3) is 5.37. The number of carbonyl (C=O) groups excluding carboxylic acids is 2. The van der Waals surface area contributed by atoms with Gasteiger partial charge in [-0.25, -0.2) is 4.79 Å². The van der Waals surface area contributed by atoms with Crippen LogP contribution in [-0.4, -0.2) is 35.5 Å². The number of hydrogen-bond donors (Lipinski definition) is 1. The molecule has 0 aromatic heterocycles. The van der Waals surface area contributed by atoms with Crippen LogP contribution >= 0.6 is 0 Å². The van der Waals surface area contributed by atoms with Crippen LogP contribution in [0.25, 0.3) is 11.1 Å². The normalized spacial score (nSPS) is 18.7. The molecule has 1 saturated carbocycles. The van der Waals surface area contributed by atoms with Gasteiger partial charge in [0.15, 0.2) is 0 Å². The Kier molecular flexibility index (Phi) is 6.70. The fourth-order valence-corrected chi connectivity index (χ4v) is 5.35. The molecule has 2 aromatic rings. The zero-order chi connectivity index (χ0) is 25.5. The molecule has 0 bridgehead atoms. The van der Waals surface area contributed by atoms with Crippen molar-refractivity contribution in [2.75, 3.05) is 6.54 Å². The van der Waals surface area contributed by atoms with E-state index in [-0.39, 0.29) is 16.9 Å². The van der Waals surface area contributed by atoms with Crippen LogP contribution in [0.15, 0.2) is 30.3 Å². The number of hydrogen-bond acceptors (Lipinski definition) is 4. The second-order valence-corrected chi connectivity index (χ2v) is 10.5. The quantitative estimate of drug-likeness (QED) is 0.452. The summed E-state index contributed by atoms with van der Waals surface area (Å²) in [5.41, 5.74) is 9.54. The topological polar surface area (TPSA) is 72.6 Å². The predicted octanol–water partition coefficient (Wildman–Crippen LogP) is 5.56. The van der Waals surface area contributed by atoms with Gasteiger partial charge in [0, 0.05) is 30.3 Å². The maximum atomic E-state index is 12.9. The van der Waals surface area contributed by atoms with Crippen LogP contribution < -0.4 is 10.5 Å². The average molecular weight is 489 g/mol. The van der Waals surface area contributed by atoms with Crippen molar-refractivity contribution in [2.24, 2.45) is 11.1 Å². The lowest BCUT2D eigenvalue weighted by molar-refractivity contribution is -0.189. The van der Waals surface area contributed by atoms with Gasteiger partial charge in [0.05, 0.1) is 0 Å². The van der Waals surface area contributed by atoms with Gasteiger partial charge in [-0.2, -0.15) is 13.2 Å². The van der Waals surface area contributed by atoms with Crippen molar-refractivity contribution >= 4 is 11.9 Å². The van der Waals surface area contributed by atoms with E-state index in [4.69, 9.17) is 10.5 Å². The van der Waals surface area contributed by atoms with Gasteiger partial charge in [0.25, 0.3) is 0 Å². The molecule has 8 heteroatoms. The van der Waals surface area contributed by atoms with Crippen LogP contribution in [0, 0.1) is 12.3 Å². The second kappa shape index (κ2) is 9.30. The summed E-state index contributed by atoms with van der Waals surface area (Å²) in [6, 6.07) is 8.76. The molecule has 2 aliphatic rings. The summed E-state index contributed by atoms with van der Waals surface area (Å²) >= 11 is 0. The SMILES string of the molecule is Cc1c(C(N)=O)ccc(OC(=O)C(F)(F)F)c1-c1ccc2c(c1)CCN(C1CCC(C)(C)CC1)C2. The number of amides is 1. The Morgan fingerprint density at radius 3 is 2.40 bits per heavy atom. The Hall–Kier alpha value is -2.87. The molecule has 1 aliphatic heterocycles. The van der Waals surface area contributed by atoms with Crippen LogP contribution in [0.4, 0.5) is 13.2 Å². The first-order chi connectivity index (χ1) is 16.4. The number of halogens is 3. The number of fused-ring (bicyclic) bond motifs is 1. The molecule has 0 saturated heterocycles. The molecule has 0 unspecified atom stereocenters. The van der Waals surface area contributed by atoms with Crippen LogP contribution in [0.3, 0.4) is 0 Å². The number of nitrogens with zero attached hydrogens (tertiary/aromatic N) is 1. The zero-order valence-electron chi connectivity index (χ0n) is 20.3. The standard InChI is InChI=1S/C27H31F3N2O3/c1-16-21(24(31)33)6-7-22(35-25(34)27(28,29)30)23(16)18-4-5-19-15-32(13-10-17(19)14-18)20-8-11-26(2,3)12-9-20/h4-7,14,20H,8-13,15H2,1-3H3,(H2,31,33). The zero-order valence-corrected chi connectivity index (χ0v) is 20.3. The molecule has 188 valence electrons. The van der Waals surface area contributed by atoms with Crippen molar-refractivity contribution in [3.05, 3.63) is 52.6 Å². The average Bonchev–Trinajstić information content (AvgIpc) is 2.78. The summed E-state index contributed by atoms with van der Waals surface area (Å²) in [4.78, 5) is 26.0. The highest BCUT2D eigenvalue weighted by atomic mass is 19.4. The molecule has 0 atom stereocenters. The van der Waals surface area contributed by atoms with Crippen LogP contribution in [0.1, 0.15) is 66.6 Å². The number of primary amides is 1. The van der Waals surface area contributed by atoms with Gasteiger partial charge in [-0.15, -0.1) is 0 Å². The van der Waals surface area contributed by atoms with Crippen molar-refractivity contribution in [3.8, 4) is 16.9 Å². The first kappa shape index (κ1) is 25.2. The fourth-order valence-electron chi connectivity index (χ4n) is 5.35. The van der Waals surface area contributed by atoms with Gasteiger partial charge >= 0.3 is 12.1 Å². The Morgan fingerprint density at radius 2 is 1.77 bits per heavy atom. The van der Waals surface area contributed by atoms with Crippen molar-refractivity contribution in [2.45, 2.75) is 71.6 Å². The van der Waals surface area contributed by atoms with Crippen molar-refractivity contribution < 1.29 is 27.5 Å². The molecule has 1 fully saturated rings. The van der Waals surface area contributed by atoms with Gasteiger partial charge in [-0.1, -0.05) is 32.0 Å². The van der Waals surface area contributed by atoms with Crippen LogP contribution in [0.2, 0.25) is 0 Å². The molecule has 0 radical (unpaired) electrons. The van der Waals surface area contributed by atoms with Crippen LogP contribution in [-0.2, 0) is 17.8 Å². The molecule has 2 aromatic carbocycles. The summed E-state index contributed by atoms with van der Waals surface area (Å²) in [5, 5.41) is 0. The minimum absolute atomic E-state index is 0.163. The number of rotatable bonds is 4. The first-order valence-corrected chi connectivity index (χ1v) is 11.9. The number of alkyl halides is 3. The van der Waals surface area contributed by atoms with E-state index in [2.05, 4.69) is 18.7 Å². The molecule has 1 aliphatic carbocycles. The summed E-state index contributed by atoms with van der Waals surface area (Å²) < 4.78 is 43.4. The van der Waals surface area contributed by atoms with Gasteiger partial charge in [0.1, 0.15) is 5.75 Å². The number of nitrogens with two attached hydrogens (primary N) is 1. The highest BCUT2D eigenvalue weighted by Gasteiger charge is 2.42. The number of carbonyl (C=O) groups is 2. The second-order valence-electron chi connectivity index (χ2n) is 10.5. The van der Waals surface area contributed by atoms with E-state index in [0.29, 0.717) is 22.6 Å². The van der Waals surface area contributed by atoms with E-state index < -0.39 is 18.1 Å². The molecule has 1 heterocycles. The van der Waals surface area contributed by atoms with E-state index in [1.54, 1.807) is 6.92 Å². The highest BCUT2D eigenvalue weighted by Crippen LogP contribution is 2.40. The molecule has 35 heavy (non-hydrogen) atoms. The van der Waals surface area contributed by atoms with Crippen molar-refractivity contribution in [1.82, 2.24) is 4.90 Å². The van der Waals surface area contributed by atoms with Crippen molar-refractivity contribution in [3.63, 3.8) is 0 Å². The monoisotopic (exact) mass is 488 g/mol. The lowest BCUT2D eigenvalue weighted by Gasteiger charge is -2.42. The predicted molar refractivity (Wildman–Crippen MR) is 127 cm³/mol. The largest absolute Gasteiger partial charge is 0.491 e. The van der Waals surface area contributed by atoms with E-state index >= 15 is 0 Å². The molecule has 4 rings (SSSR count). The lowest BCUT2D eigenvalue weighted by atomic mass is 9.75. The fraction of sp³-hybridized carbons (Fsp3) is 0.481. The number of esters is 1. The summed E-state index contributed by atoms with van der Waals surface area (Å²) in [6.07, 6.45) is 0.487. The molecular formula is C27H31F3N2O3. The maximum absolute atomic E-state index is 12.9. The van der Waals surface area contributed by atoms with Gasteiger partial charge in [-0.3, -0.25) is 9.69 Å². The summed E-state index contributed by atoms with van der Waals surface area (Å²) in [5.74, 6) is -3.27. The van der Waals surface area contributed by atoms with E-state index in [9.17, 15) is 22.8 Å². The Bertz CT molecular complexity index is 1150. The molecule has 5 nitrogen and oxygen atoms in total. The molecule has 2 N–H and O–H groups in total. The Labute approximate surface area is 203 Å². The summed E-state index contributed by atoms with van der Waals surface area (Å²) in [6.45, 7) is 7.98. The highest BCUT2D eigenvalue weighted by molar-refractivity contribution is 5.97. The molecule has 1 amide bonds.